The topological polar surface area (TPSA) is 21.3 Å². The summed E-state index contributed by atoms with van der Waals surface area (Å²) in [6, 6.07) is 8.73. The molecular formula is C15H23NO. The van der Waals surface area contributed by atoms with Crippen molar-refractivity contribution in [3.63, 3.8) is 0 Å². The molecule has 0 spiro atoms. The van der Waals surface area contributed by atoms with Crippen LogP contribution < -0.4 is 10.1 Å². The largest absolute Gasteiger partial charge is 0.497 e. The molecule has 1 aliphatic carbocycles. The van der Waals surface area contributed by atoms with Gasteiger partial charge in [0.15, 0.2) is 0 Å². The highest BCUT2D eigenvalue weighted by Crippen LogP contribution is 2.51. The SMILES string of the molecule is COc1ccc(C(C)NCC2CC2(C)C)cc1. The Kier molecular flexibility index (Phi) is 3.43. The maximum atomic E-state index is 5.16. The summed E-state index contributed by atoms with van der Waals surface area (Å²) in [5.74, 6) is 1.77. The summed E-state index contributed by atoms with van der Waals surface area (Å²) < 4.78 is 5.16. The Morgan fingerprint density at radius 1 is 1.35 bits per heavy atom. The number of methoxy groups -OCH3 is 1. The second-order valence-corrected chi connectivity index (χ2v) is 5.79. The second kappa shape index (κ2) is 4.69. The van der Waals surface area contributed by atoms with Crippen molar-refractivity contribution in [3.8, 4) is 5.75 Å². The summed E-state index contributed by atoms with van der Waals surface area (Å²) in [6.07, 6.45) is 1.36. The van der Waals surface area contributed by atoms with Crippen LogP contribution in [0.15, 0.2) is 24.3 Å². The molecule has 2 nitrogen and oxygen atoms in total. The van der Waals surface area contributed by atoms with Gasteiger partial charge in [0.2, 0.25) is 0 Å². The molecule has 17 heavy (non-hydrogen) atoms. The molecule has 0 aliphatic heterocycles. The quantitative estimate of drug-likeness (QED) is 0.841. The fraction of sp³-hybridized carbons (Fsp3) is 0.600. The molecule has 0 bridgehead atoms. The summed E-state index contributed by atoms with van der Waals surface area (Å²) >= 11 is 0. The van der Waals surface area contributed by atoms with Crippen molar-refractivity contribution in [1.29, 1.82) is 0 Å². The van der Waals surface area contributed by atoms with Crippen LogP contribution >= 0.6 is 0 Å². The monoisotopic (exact) mass is 233 g/mol. The Morgan fingerprint density at radius 2 is 1.94 bits per heavy atom. The van der Waals surface area contributed by atoms with Crippen LogP contribution in [0, 0.1) is 11.3 Å². The minimum Gasteiger partial charge on any atom is -0.497 e. The summed E-state index contributed by atoms with van der Waals surface area (Å²) in [5.41, 5.74) is 1.89. The first kappa shape index (κ1) is 12.4. The van der Waals surface area contributed by atoms with Gasteiger partial charge in [0.25, 0.3) is 0 Å². The van der Waals surface area contributed by atoms with Crippen LogP contribution in [0.1, 0.15) is 38.8 Å². The van der Waals surface area contributed by atoms with Gasteiger partial charge >= 0.3 is 0 Å². The second-order valence-electron chi connectivity index (χ2n) is 5.79. The van der Waals surface area contributed by atoms with Crippen LogP contribution in [-0.2, 0) is 0 Å². The molecule has 2 unspecified atom stereocenters. The molecule has 0 saturated heterocycles. The molecule has 94 valence electrons. The van der Waals surface area contributed by atoms with Crippen molar-refractivity contribution in [3.05, 3.63) is 29.8 Å². The highest BCUT2D eigenvalue weighted by Gasteiger charge is 2.44. The number of benzene rings is 1. The van der Waals surface area contributed by atoms with Gasteiger partial charge in [-0.05, 0) is 48.9 Å². The number of hydrogen-bond acceptors (Lipinski definition) is 2. The average Bonchev–Trinajstić information content (AvgIpc) is 2.94. The van der Waals surface area contributed by atoms with Crippen molar-refractivity contribution in [2.24, 2.45) is 11.3 Å². The number of hydrogen-bond donors (Lipinski definition) is 1. The lowest BCUT2D eigenvalue weighted by Crippen LogP contribution is -2.22. The van der Waals surface area contributed by atoms with Gasteiger partial charge in [-0.25, -0.2) is 0 Å². The van der Waals surface area contributed by atoms with Crippen LogP contribution in [0.25, 0.3) is 0 Å². The van der Waals surface area contributed by atoms with E-state index in [1.54, 1.807) is 7.11 Å². The first-order chi connectivity index (χ1) is 8.03. The lowest BCUT2D eigenvalue weighted by Gasteiger charge is -2.15. The van der Waals surface area contributed by atoms with Gasteiger partial charge in [-0.2, -0.15) is 0 Å². The molecule has 1 N–H and O–H groups in total. The Hall–Kier alpha value is -1.02. The zero-order valence-electron chi connectivity index (χ0n) is 11.3. The van der Waals surface area contributed by atoms with Gasteiger partial charge in [-0.15, -0.1) is 0 Å². The summed E-state index contributed by atoms with van der Waals surface area (Å²) in [7, 11) is 1.70. The predicted molar refractivity (Wildman–Crippen MR) is 71.3 cm³/mol. The highest BCUT2D eigenvalue weighted by molar-refractivity contribution is 5.28. The third-order valence-corrected chi connectivity index (χ3v) is 4.00. The fourth-order valence-electron chi connectivity index (χ4n) is 2.25. The Labute approximate surface area is 104 Å². The van der Waals surface area contributed by atoms with E-state index in [1.807, 2.05) is 12.1 Å². The number of nitrogens with one attached hydrogen (secondary N) is 1. The molecule has 0 radical (unpaired) electrons. The van der Waals surface area contributed by atoms with Gasteiger partial charge in [0.1, 0.15) is 5.75 Å². The molecule has 1 saturated carbocycles. The minimum absolute atomic E-state index is 0.414. The molecule has 2 heteroatoms. The van der Waals surface area contributed by atoms with Crippen LogP contribution in [0.2, 0.25) is 0 Å². The molecule has 1 fully saturated rings. The summed E-state index contributed by atoms with van der Waals surface area (Å²) in [4.78, 5) is 0. The minimum atomic E-state index is 0.414. The standard InChI is InChI=1S/C15H23NO/c1-11(16-10-13-9-15(13,2)3)12-5-7-14(17-4)8-6-12/h5-8,11,13,16H,9-10H2,1-4H3. The lowest BCUT2D eigenvalue weighted by atomic mass is 10.1. The molecule has 0 amide bonds. The fourth-order valence-corrected chi connectivity index (χ4v) is 2.25. The van der Waals surface area contributed by atoms with Crippen LogP contribution in [-0.4, -0.2) is 13.7 Å². The van der Waals surface area contributed by atoms with Crippen molar-refractivity contribution in [2.45, 2.75) is 33.2 Å². The molecule has 2 rings (SSSR count). The van der Waals surface area contributed by atoms with Crippen molar-refractivity contribution in [1.82, 2.24) is 5.32 Å². The van der Waals surface area contributed by atoms with Gasteiger partial charge in [0.05, 0.1) is 7.11 Å². The molecule has 0 aromatic heterocycles. The van der Waals surface area contributed by atoms with E-state index in [0.717, 1.165) is 18.2 Å². The van der Waals surface area contributed by atoms with E-state index in [0.29, 0.717) is 11.5 Å². The van der Waals surface area contributed by atoms with Gasteiger partial charge in [0, 0.05) is 6.04 Å². The normalized spacial score (nSPS) is 23.2. The van der Waals surface area contributed by atoms with Crippen molar-refractivity contribution >= 4 is 0 Å². The molecule has 1 aliphatic rings. The van der Waals surface area contributed by atoms with E-state index in [2.05, 4.69) is 38.2 Å². The zero-order valence-corrected chi connectivity index (χ0v) is 11.3. The van der Waals surface area contributed by atoms with E-state index in [4.69, 9.17) is 4.74 Å². The third-order valence-electron chi connectivity index (χ3n) is 4.00. The first-order valence-corrected chi connectivity index (χ1v) is 6.40. The molecule has 0 heterocycles. The molecule has 2 atom stereocenters. The third kappa shape index (κ3) is 3.01. The van der Waals surface area contributed by atoms with E-state index in [-0.39, 0.29) is 0 Å². The molecular weight excluding hydrogens is 210 g/mol. The predicted octanol–water partition coefficient (Wildman–Crippen LogP) is 3.39. The lowest BCUT2D eigenvalue weighted by molar-refractivity contribution is 0.414. The summed E-state index contributed by atoms with van der Waals surface area (Å²) in [5, 5.41) is 3.61. The Morgan fingerprint density at radius 3 is 2.41 bits per heavy atom. The average molecular weight is 233 g/mol. The first-order valence-electron chi connectivity index (χ1n) is 6.40. The number of ether oxygens (including phenoxy) is 1. The van der Waals surface area contributed by atoms with Crippen LogP contribution in [0.3, 0.4) is 0 Å². The van der Waals surface area contributed by atoms with E-state index in [1.165, 1.54) is 12.0 Å². The summed E-state index contributed by atoms with van der Waals surface area (Å²) in [6.45, 7) is 8.03. The van der Waals surface area contributed by atoms with Gasteiger partial charge in [-0.3, -0.25) is 0 Å². The van der Waals surface area contributed by atoms with E-state index < -0.39 is 0 Å². The molecule has 1 aromatic rings. The number of rotatable bonds is 5. The smallest absolute Gasteiger partial charge is 0.118 e. The maximum Gasteiger partial charge on any atom is 0.118 e. The van der Waals surface area contributed by atoms with Gasteiger partial charge in [-0.1, -0.05) is 26.0 Å². The highest BCUT2D eigenvalue weighted by atomic mass is 16.5. The maximum absolute atomic E-state index is 5.16. The Bertz CT molecular complexity index is 369. The van der Waals surface area contributed by atoms with Crippen LogP contribution in [0.5, 0.6) is 5.75 Å². The van der Waals surface area contributed by atoms with E-state index in [9.17, 15) is 0 Å². The van der Waals surface area contributed by atoms with E-state index >= 15 is 0 Å². The van der Waals surface area contributed by atoms with Crippen LogP contribution in [0.4, 0.5) is 0 Å². The van der Waals surface area contributed by atoms with Crippen molar-refractivity contribution in [2.75, 3.05) is 13.7 Å². The molecule has 1 aromatic carbocycles. The van der Waals surface area contributed by atoms with Crippen molar-refractivity contribution < 1.29 is 4.74 Å². The van der Waals surface area contributed by atoms with Gasteiger partial charge < -0.3 is 10.1 Å². The Balaban J connectivity index is 1.84. The zero-order chi connectivity index (χ0) is 12.5.